The lowest BCUT2D eigenvalue weighted by Crippen LogP contribution is -2.40. The van der Waals surface area contributed by atoms with Crippen LogP contribution in [-0.4, -0.2) is 86.2 Å². The predicted octanol–water partition coefficient (Wildman–Crippen LogP) is 2.28. The van der Waals surface area contributed by atoms with Gasteiger partial charge in [0, 0.05) is 50.4 Å². The number of ether oxygens (including phenoxy) is 3. The number of nitrogens with one attached hydrogen (secondary N) is 1. The van der Waals surface area contributed by atoms with Crippen molar-refractivity contribution in [1.29, 1.82) is 0 Å². The van der Waals surface area contributed by atoms with Crippen LogP contribution in [0.15, 0.2) is 29.2 Å². The van der Waals surface area contributed by atoms with Gasteiger partial charge in [0.2, 0.25) is 10.0 Å². The Labute approximate surface area is 236 Å². The maximum Gasteiger partial charge on any atom is 0.255 e. The van der Waals surface area contributed by atoms with Crippen molar-refractivity contribution in [2.24, 2.45) is 5.41 Å². The second-order valence-electron chi connectivity index (χ2n) is 11.0. The second-order valence-corrected chi connectivity index (χ2v) is 13.0. The molecule has 2 N–H and O–H groups in total. The Morgan fingerprint density at radius 3 is 2.48 bits per heavy atom. The van der Waals surface area contributed by atoms with E-state index in [1.807, 2.05) is 25.5 Å². The van der Waals surface area contributed by atoms with Crippen LogP contribution in [0.2, 0.25) is 0 Å². The fourth-order valence-corrected chi connectivity index (χ4v) is 6.35. The lowest BCUT2D eigenvalue weighted by molar-refractivity contribution is -0.127. The van der Waals surface area contributed by atoms with Crippen LogP contribution >= 0.6 is 0 Å². The molecule has 12 heteroatoms. The topological polar surface area (TPSA) is 132 Å². The number of amides is 1. The number of fused-ring (bicyclic) bond motifs is 1. The molecule has 0 bridgehead atoms. The molecule has 1 atom stereocenters. The van der Waals surface area contributed by atoms with Crippen LogP contribution < -0.4 is 5.32 Å². The van der Waals surface area contributed by atoms with Gasteiger partial charge in [0.15, 0.2) is 6.29 Å². The zero-order chi connectivity index (χ0) is 28.8. The number of aliphatic hydroxyl groups excluding tert-OH is 1. The molecule has 1 aromatic carbocycles. The van der Waals surface area contributed by atoms with E-state index in [0.29, 0.717) is 76.6 Å². The van der Waals surface area contributed by atoms with E-state index in [-0.39, 0.29) is 17.4 Å². The SMILES string of the molecule is CCc1nn(CC(C)(C)COC(O)c2ccc(S(=O)(=O)N3CCOCC3)cc2)c2c1C(=O)NCCCOCCC2. The molecule has 1 aromatic heterocycles. The third-order valence-corrected chi connectivity index (χ3v) is 9.04. The smallest absolute Gasteiger partial charge is 0.255 e. The molecular formula is C28H42N4O7S. The van der Waals surface area contributed by atoms with Gasteiger partial charge in [-0.2, -0.15) is 9.40 Å². The van der Waals surface area contributed by atoms with Crippen LogP contribution in [0.25, 0.3) is 0 Å². The molecule has 1 fully saturated rings. The van der Waals surface area contributed by atoms with E-state index < -0.39 is 21.7 Å². The molecule has 2 aromatic rings. The number of hydrogen-bond donors (Lipinski definition) is 2. The predicted molar refractivity (Wildman–Crippen MR) is 148 cm³/mol. The van der Waals surface area contributed by atoms with E-state index in [0.717, 1.165) is 24.2 Å². The van der Waals surface area contributed by atoms with E-state index in [1.165, 1.54) is 16.4 Å². The summed E-state index contributed by atoms with van der Waals surface area (Å²) in [6, 6.07) is 6.13. The standard InChI is InChI=1S/C28H42N4O7S/c1-4-23-25-24(7-5-15-37-16-6-12-29-26(25)33)32(30-23)19-28(2,3)20-39-27(34)21-8-10-22(11-9-21)40(35,36)31-13-17-38-18-14-31/h8-11,27,34H,4-7,12-20H2,1-3H3,(H,29,33). The van der Waals surface area contributed by atoms with Gasteiger partial charge in [0.25, 0.3) is 5.91 Å². The van der Waals surface area contributed by atoms with Crippen LogP contribution in [0.5, 0.6) is 0 Å². The molecule has 0 spiro atoms. The van der Waals surface area contributed by atoms with E-state index in [4.69, 9.17) is 19.3 Å². The third-order valence-electron chi connectivity index (χ3n) is 7.13. The highest BCUT2D eigenvalue weighted by Crippen LogP contribution is 2.27. The van der Waals surface area contributed by atoms with E-state index in [1.54, 1.807) is 12.1 Å². The number of sulfonamides is 1. The highest BCUT2D eigenvalue weighted by atomic mass is 32.2. The number of morpholine rings is 1. The van der Waals surface area contributed by atoms with E-state index in [2.05, 4.69) is 5.32 Å². The number of nitrogens with zero attached hydrogens (tertiary/aromatic N) is 3. The normalized spacial score (nSPS) is 18.9. The molecular weight excluding hydrogens is 536 g/mol. The van der Waals surface area contributed by atoms with Crippen molar-refractivity contribution in [3.05, 3.63) is 46.8 Å². The summed E-state index contributed by atoms with van der Waals surface area (Å²) in [5.74, 6) is -0.0939. The fourth-order valence-electron chi connectivity index (χ4n) is 4.95. The highest BCUT2D eigenvalue weighted by Gasteiger charge is 2.29. The molecule has 222 valence electrons. The summed E-state index contributed by atoms with van der Waals surface area (Å²) < 4.78 is 45.8. The summed E-state index contributed by atoms with van der Waals surface area (Å²) in [4.78, 5) is 13.2. The van der Waals surface area contributed by atoms with Crippen LogP contribution in [0.4, 0.5) is 0 Å². The molecule has 2 aliphatic rings. The highest BCUT2D eigenvalue weighted by molar-refractivity contribution is 7.89. The van der Waals surface area contributed by atoms with Gasteiger partial charge in [-0.3, -0.25) is 9.48 Å². The first-order valence-corrected chi connectivity index (χ1v) is 15.5. The van der Waals surface area contributed by atoms with Crippen molar-refractivity contribution in [1.82, 2.24) is 19.4 Å². The zero-order valence-corrected chi connectivity index (χ0v) is 24.5. The molecule has 1 unspecified atom stereocenters. The van der Waals surface area contributed by atoms with Gasteiger partial charge < -0.3 is 24.6 Å². The van der Waals surface area contributed by atoms with Crippen molar-refractivity contribution in [2.45, 2.75) is 64.2 Å². The van der Waals surface area contributed by atoms with Gasteiger partial charge in [-0.1, -0.05) is 32.9 Å². The molecule has 2 aliphatic heterocycles. The second kappa shape index (κ2) is 13.5. The largest absolute Gasteiger partial charge is 0.381 e. The van der Waals surface area contributed by atoms with E-state index >= 15 is 0 Å². The number of carbonyl (C=O) groups excluding carboxylic acids is 1. The number of rotatable bonds is 9. The van der Waals surface area contributed by atoms with Crippen molar-refractivity contribution in [2.75, 3.05) is 52.7 Å². The molecule has 3 heterocycles. The first-order valence-electron chi connectivity index (χ1n) is 14.0. The van der Waals surface area contributed by atoms with Crippen LogP contribution in [0.3, 0.4) is 0 Å². The van der Waals surface area contributed by atoms with E-state index in [9.17, 15) is 18.3 Å². The summed E-state index contributed by atoms with van der Waals surface area (Å²) in [6.45, 7) is 9.96. The maximum absolute atomic E-state index is 13.0. The van der Waals surface area contributed by atoms with Crippen molar-refractivity contribution in [3.8, 4) is 0 Å². The van der Waals surface area contributed by atoms with Gasteiger partial charge >= 0.3 is 0 Å². The molecule has 0 aliphatic carbocycles. The van der Waals surface area contributed by atoms with Crippen LogP contribution in [0.1, 0.15) is 67.2 Å². The number of hydrogen-bond acceptors (Lipinski definition) is 8. The number of aliphatic hydroxyl groups is 1. The van der Waals surface area contributed by atoms with Gasteiger partial charge in [0.1, 0.15) is 0 Å². The average molecular weight is 579 g/mol. The Kier molecular flexibility index (Phi) is 10.4. The third kappa shape index (κ3) is 7.48. The van der Waals surface area contributed by atoms with Gasteiger partial charge in [-0.25, -0.2) is 8.42 Å². The summed E-state index contributed by atoms with van der Waals surface area (Å²) in [5, 5.41) is 18.5. The summed E-state index contributed by atoms with van der Waals surface area (Å²) in [7, 11) is -3.61. The van der Waals surface area contributed by atoms with Gasteiger partial charge in [0.05, 0.1) is 41.7 Å². The van der Waals surface area contributed by atoms with Gasteiger partial charge in [-0.15, -0.1) is 0 Å². The fraction of sp³-hybridized carbons (Fsp3) is 0.643. The summed E-state index contributed by atoms with van der Waals surface area (Å²) in [6.07, 6.45) is 1.67. The minimum Gasteiger partial charge on any atom is -0.381 e. The summed E-state index contributed by atoms with van der Waals surface area (Å²) in [5.41, 5.74) is 2.37. The number of carbonyl (C=O) groups is 1. The Bertz CT molecular complexity index is 1240. The number of aryl methyl sites for hydroxylation is 1. The molecule has 0 radical (unpaired) electrons. The average Bonchev–Trinajstić information content (AvgIpc) is 3.27. The lowest BCUT2D eigenvalue weighted by Gasteiger charge is -2.27. The lowest BCUT2D eigenvalue weighted by atomic mass is 9.94. The molecule has 4 rings (SSSR count). The summed E-state index contributed by atoms with van der Waals surface area (Å²) >= 11 is 0. The zero-order valence-electron chi connectivity index (χ0n) is 23.7. The molecule has 0 saturated carbocycles. The van der Waals surface area contributed by atoms with Crippen molar-refractivity contribution >= 4 is 15.9 Å². The number of benzene rings is 1. The van der Waals surface area contributed by atoms with Crippen LogP contribution in [0, 0.1) is 5.41 Å². The molecule has 40 heavy (non-hydrogen) atoms. The maximum atomic E-state index is 13.0. The first kappa shape index (κ1) is 30.6. The minimum atomic E-state index is -3.61. The molecule has 1 saturated heterocycles. The van der Waals surface area contributed by atoms with Gasteiger partial charge in [-0.05, 0) is 37.8 Å². The Morgan fingerprint density at radius 1 is 1.10 bits per heavy atom. The molecule has 1 amide bonds. The minimum absolute atomic E-state index is 0.0939. The monoisotopic (exact) mass is 578 g/mol. The van der Waals surface area contributed by atoms with Crippen LogP contribution in [-0.2, 0) is 43.6 Å². The van der Waals surface area contributed by atoms with Crippen molar-refractivity contribution in [3.63, 3.8) is 0 Å². The Hall–Kier alpha value is -2.35. The Balaban J connectivity index is 1.42. The van der Waals surface area contributed by atoms with Crippen molar-refractivity contribution < 1.29 is 32.5 Å². The number of aromatic nitrogens is 2. The Morgan fingerprint density at radius 2 is 1.77 bits per heavy atom. The molecule has 11 nitrogen and oxygen atoms in total. The first-order chi connectivity index (χ1) is 19.1. The quantitative estimate of drug-likeness (QED) is 0.433.